The van der Waals surface area contributed by atoms with E-state index >= 15 is 0 Å². The molecular formula is C14H28N4O. The molecule has 0 aliphatic carbocycles. The van der Waals surface area contributed by atoms with Crippen LogP contribution in [0.25, 0.3) is 0 Å². The lowest BCUT2D eigenvalue weighted by Crippen LogP contribution is -2.43. The van der Waals surface area contributed by atoms with Gasteiger partial charge in [-0.1, -0.05) is 6.92 Å². The third kappa shape index (κ3) is 4.66. The van der Waals surface area contributed by atoms with Crippen LogP contribution in [-0.2, 0) is 4.74 Å². The van der Waals surface area contributed by atoms with E-state index in [9.17, 15) is 0 Å². The maximum absolute atomic E-state index is 5.94. The highest BCUT2D eigenvalue weighted by atomic mass is 16.5. The second kappa shape index (κ2) is 7.70. The first-order valence-electron chi connectivity index (χ1n) is 7.65. The zero-order chi connectivity index (χ0) is 13.5. The van der Waals surface area contributed by atoms with Crippen molar-refractivity contribution in [2.24, 2.45) is 16.6 Å². The van der Waals surface area contributed by atoms with Crippen LogP contribution in [0.4, 0.5) is 0 Å². The van der Waals surface area contributed by atoms with Gasteiger partial charge in [0.2, 0.25) is 0 Å². The lowest BCUT2D eigenvalue weighted by atomic mass is 10.0. The van der Waals surface area contributed by atoms with Gasteiger partial charge in [0, 0.05) is 31.7 Å². The summed E-state index contributed by atoms with van der Waals surface area (Å²) in [6, 6.07) is 0.622. The number of ether oxygens (including phenoxy) is 1. The predicted molar refractivity (Wildman–Crippen MR) is 78.3 cm³/mol. The van der Waals surface area contributed by atoms with E-state index in [1.54, 1.807) is 0 Å². The molecule has 0 aromatic carbocycles. The van der Waals surface area contributed by atoms with E-state index in [1.165, 1.54) is 25.8 Å². The van der Waals surface area contributed by atoms with Crippen LogP contribution in [0.5, 0.6) is 0 Å². The first-order valence-corrected chi connectivity index (χ1v) is 7.65. The van der Waals surface area contributed by atoms with Crippen LogP contribution in [0.3, 0.4) is 0 Å². The van der Waals surface area contributed by atoms with E-state index in [0.717, 1.165) is 39.3 Å². The van der Waals surface area contributed by atoms with E-state index in [0.29, 0.717) is 17.9 Å². The number of nitrogens with two attached hydrogens (primary N) is 1. The number of hydrogen-bond donors (Lipinski definition) is 2. The van der Waals surface area contributed by atoms with Gasteiger partial charge >= 0.3 is 0 Å². The Morgan fingerprint density at radius 2 is 2.32 bits per heavy atom. The molecule has 2 fully saturated rings. The zero-order valence-corrected chi connectivity index (χ0v) is 12.1. The minimum Gasteiger partial charge on any atom is -0.381 e. The van der Waals surface area contributed by atoms with Gasteiger partial charge in [-0.15, -0.1) is 0 Å². The number of guanidine groups is 1. The molecule has 5 nitrogen and oxygen atoms in total. The molecule has 0 aromatic rings. The number of hydrogen-bond acceptors (Lipinski definition) is 3. The number of likely N-dealkylation sites (tertiary alicyclic amines) is 1. The molecule has 5 heteroatoms. The molecule has 2 aliphatic rings. The van der Waals surface area contributed by atoms with Gasteiger partial charge in [-0.2, -0.15) is 0 Å². The molecule has 3 N–H and O–H groups in total. The fourth-order valence-corrected chi connectivity index (χ4v) is 3.00. The summed E-state index contributed by atoms with van der Waals surface area (Å²) in [5.74, 6) is 1.14. The van der Waals surface area contributed by atoms with E-state index in [4.69, 9.17) is 10.5 Å². The third-order valence-electron chi connectivity index (χ3n) is 4.20. The van der Waals surface area contributed by atoms with E-state index in [2.05, 4.69) is 22.1 Å². The van der Waals surface area contributed by atoms with Crippen molar-refractivity contribution >= 4 is 5.96 Å². The Morgan fingerprint density at radius 1 is 1.42 bits per heavy atom. The van der Waals surface area contributed by atoms with Crippen molar-refractivity contribution < 1.29 is 4.74 Å². The Morgan fingerprint density at radius 3 is 3.05 bits per heavy atom. The van der Waals surface area contributed by atoms with Crippen molar-refractivity contribution in [3.8, 4) is 0 Å². The van der Waals surface area contributed by atoms with Crippen LogP contribution < -0.4 is 11.1 Å². The summed E-state index contributed by atoms with van der Waals surface area (Å²) in [4.78, 5) is 6.95. The number of nitrogens with one attached hydrogen (secondary N) is 1. The van der Waals surface area contributed by atoms with E-state index in [1.807, 2.05) is 0 Å². The molecule has 2 aliphatic heterocycles. The van der Waals surface area contributed by atoms with Crippen LogP contribution >= 0.6 is 0 Å². The topological polar surface area (TPSA) is 62.9 Å². The minimum absolute atomic E-state index is 0.549. The van der Waals surface area contributed by atoms with Gasteiger partial charge in [-0.05, 0) is 38.8 Å². The molecule has 2 unspecified atom stereocenters. The Hall–Kier alpha value is -0.810. The molecule has 2 atom stereocenters. The average molecular weight is 268 g/mol. The summed E-state index contributed by atoms with van der Waals surface area (Å²) in [5.41, 5.74) is 5.94. The van der Waals surface area contributed by atoms with Gasteiger partial charge in [-0.3, -0.25) is 9.89 Å². The Kier molecular flexibility index (Phi) is 5.92. The van der Waals surface area contributed by atoms with Gasteiger partial charge in [-0.25, -0.2) is 0 Å². The SMILES string of the molecule is CCN1CCCC1CNC(N)=NCC1CCCOC1. The fourth-order valence-electron chi connectivity index (χ4n) is 3.00. The molecule has 0 spiro atoms. The largest absolute Gasteiger partial charge is 0.381 e. The van der Waals surface area contributed by atoms with Crippen molar-refractivity contribution in [1.29, 1.82) is 0 Å². The smallest absolute Gasteiger partial charge is 0.188 e. The Bertz CT molecular complexity index is 289. The second-order valence-corrected chi connectivity index (χ2v) is 5.61. The third-order valence-corrected chi connectivity index (χ3v) is 4.20. The molecule has 0 aromatic heterocycles. The molecule has 0 amide bonds. The first kappa shape index (κ1) is 14.6. The quantitative estimate of drug-likeness (QED) is 0.572. The molecular weight excluding hydrogens is 240 g/mol. The van der Waals surface area contributed by atoms with Gasteiger partial charge in [0.25, 0.3) is 0 Å². The van der Waals surface area contributed by atoms with Crippen molar-refractivity contribution in [3.63, 3.8) is 0 Å². The molecule has 19 heavy (non-hydrogen) atoms. The lowest BCUT2D eigenvalue weighted by Gasteiger charge is -2.23. The normalized spacial score (nSPS) is 29.6. The summed E-state index contributed by atoms with van der Waals surface area (Å²) < 4.78 is 5.45. The van der Waals surface area contributed by atoms with Crippen LogP contribution in [-0.4, -0.2) is 56.3 Å². The van der Waals surface area contributed by atoms with Crippen molar-refractivity contribution in [1.82, 2.24) is 10.2 Å². The lowest BCUT2D eigenvalue weighted by molar-refractivity contribution is 0.0582. The molecule has 2 rings (SSSR count). The zero-order valence-electron chi connectivity index (χ0n) is 12.1. The summed E-state index contributed by atoms with van der Waals surface area (Å²) >= 11 is 0. The Labute approximate surface area is 116 Å². The Balaban J connectivity index is 1.66. The van der Waals surface area contributed by atoms with Crippen LogP contribution in [0.15, 0.2) is 4.99 Å². The maximum Gasteiger partial charge on any atom is 0.188 e. The van der Waals surface area contributed by atoms with Gasteiger partial charge in [0.15, 0.2) is 5.96 Å². The molecule has 0 saturated carbocycles. The number of nitrogens with zero attached hydrogens (tertiary/aromatic N) is 2. The molecule has 2 saturated heterocycles. The van der Waals surface area contributed by atoms with Crippen molar-refractivity contribution in [3.05, 3.63) is 0 Å². The highest BCUT2D eigenvalue weighted by molar-refractivity contribution is 5.77. The predicted octanol–water partition coefficient (Wildman–Crippen LogP) is 0.802. The molecule has 0 bridgehead atoms. The molecule has 110 valence electrons. The van der Waals surface area contributed by atoms with Crippen molar-refractivity contribution in [2.75, 3.05) is 39.4 Å². The number of aliphatic imine (C=N–C) groups is 1. The number of rotatable bonds is 5. The van der Waals surface area contributed by atoms with Crippen LogP contribution in [0.1, 0.15) is 32.6 Å². The summed E-state index contributed by atoms with van der Waals surface area (Å²) in [6.07, 6.45) is 4.94. The maximum atomic E-state index is 5.94. The van der Waals surface area contributed by atoms with Gasteiger partial charge in [0.05, 0.1) is 6.61 Å². The molecule has 2 heterocycles. The standard InChI is InChI=1S/C14H28N4O/c1-2-18-7-3-6-13(18)10-17-14(15)16-9-12-5-4-8-19-11-12/h12-13H,2-11H2,1H3,(H3,15,16,17). The summed E-state index contributed by atoms with van der Waals surface area (Å²) in [6.45, 7) is 8.03. The van der Waals surface area contributed by atoms with Gasteiger partial charge < -0.3 is 15.8 Å². The molecule has 0 radical (unpaired) electrons. The van der Waals surface area contributed by atoms with Crippen LogP contribution in [0, 0.1) is 5.92 Å². The summed E-state index contributed by atoms with van der Waals surface area (Å²) in [7, 11) is 0. The first-order chi connectivity index (χ1) is 9.29. The highest BCUT2D eigenvalue weighted by Crippen LogP contribution is 2.15. The monoisotopic (exact) mass is 268 g/mol. The minimum atomic E-state index is 0.549. The second-order valence-electron chi connectivity index (χ2n) is 5.61. The number of likely N-dealkylation sites (N-methyl/N-ethyl adjacent to an activating group) is 1. The van der Waals surface area contributed by atoms with E-state index < -0.39 is 0 Å². The summed E-state index contributed by atoms with van der Waals surface area (Å²) in [5, 5.41) is 3.27. The fraction of sp³-hybridized carbons (Fsp3) is 0.929. The van der Waals surface area contributed by atoms with Crippen molar-refractivity contribution in [2.45, 2.75) is 38.6 Å². The highest BCUT2D eigenvalue weighted by Gasteiger charge is 2.22. The van der Waals surface area contributed by atoms with Gasteiger partial charge in [0.1, 0.15) is 0 Å². The average Bonchev–Trinajstić information content (AvgIpc) is 2.91. The van der Waals surface area contributed by atoms with E-state index in [-0.39, 0.29) is 0 Å². The van der Waals surface area contributed by atoms with Crippen LogP contribution in [0.2, 0.25) is 0 Å².